The average molecular weight is 188 g/mol. The van der Waals surface area contributed by atoms with Crippen LogP contribution in [0.15, 0.2) is 36.4 Å². The molecule has 13 heavy (non-hydrogen) atoms. The Morgan fingerprint density at radius 1 is 1.38 bits per heavy atom. The highest BCUT2D eigenvalue weighted by atomic mass is 32.1. The lowest BCUT2D eigenvalue weighted by molar-refractivity contribution is 0.568. The summed E-state index contributed by atoms with van der Waals surface area (Å²) in [7, 11) is 0. The van der Waals surface area contributed by atoms with Crippen molar-refractivity contribution in [3.63, 3.8) is 0 Å². The first-order chi connectivity index (χ1) is 6.40. The fraction of sp³-hybridized carbons (Fsp3) is 0.0909. The zero-order valence-corrected chi connectivity index (χ0v) is 7.80. The maximum Gasteiger partial charge on any atom is 0.120 e. The smallest absolute Gasteiger partial charge is 0.120 e. The van der Waals surface area contributed by atoms with Gasteiger partial charge in [0.15, 0.2) is 0 Å². The van der Waals surface area contributed by atoms with Gasteiger partial charge in [-0.05, 0) is 17.5 Å². The van der Waals surface area contributed by atoms with Crippen molar-refractivity contribution < 1.29 is 4.79 Å². The minimum atomic E-state index is 0.697. The summed E-state index contributed by atoms with van der Waals surface area (Å²) >= 11 is 1.73. The Bertz CT molecular complexity index is 431. The number of allylic oxidation sites excluding steroid dienone is 1. The lowest BCUT2D eigenvalue weighted by atomic mass is 10.2. The monoisotopic (exact) mass is 188 g/mol. The van der Waals surface area contributed by atoms with E-state index in [4.69, 9.17) is 0 Å². The van der Waals surface area contributed by atoms with Crippen LogP contribution in [-0.4, -0.2) is 5.94 Å². The molecule has 1 aromatic carbocycles. The van der Waals surface area contributed by atoms with E-state index >= 15 is 0 Å². The average Bonchev–Trinajstić information content (AvgIpc) is 2.57. The van der Waals surface area contributed by atoms with Gasteiger partial charge in [0.1, 0.15) is 5.94 Å². The fourth-order valence-electron chi connectivity index (χ4n) is 1.28. The van der Waals surface area contributed by atoms with Crippen LogP contribution in [0.5, 0.6) is 0 Å². The Labute approximate surface area is 80.3 Å². The molecule has 0 unspecified atom stereocenters. The van der Waals surface area contributed by atoms with Gasteiger partial charge in [-0.2, -0.15) is 0 Å². The molecular formula is C11H8OS. The van der Waals surface area contributed by atoms with E-state index in [0.717, 1.165) is 0 Å². The second kappa shape index (κ2) is 3.56. The van der Waals surface area contributed by atoms with Crippen LogP contribution in [0, 0.1) is 0 Å². The Hall–Kier alpha value is -1.37. The predicted molar refractivity (Wildman–Crippen MR) is 55.8 cm³/mol. The molecule has 1 nitrogen and oxygen atoms in total. The molecule has 0 aliphatic carbocycles. The molecule has 0 atom stereocenters. The highest BCUT2D eigenvalue weighted by molar-refractivity contribution is 7.19. The second-order valence-electron chi connectivity index (χ2n) is 2.78. The molecule has 2 heteroatoms. The molecule has 0 fully saturated rings. The number of carbonyl (C=O) groups excluding carboxylic acids is 1. The minimum Gasteiger partial charge on any atom is -0.234 e. The van der Waals surface area contributed by atoms with Crippen molar-refractivity contribution >= 4 is 27.4 Å². The maximum atomic E-state index is 10.0. The molecule has 0 N–H and O–H groups in total. The largest absolute Gasteiger partial charge is 0.234 e. The molecule has 0 radical (unpaired) electrons. The molecule has 2 aromatic rings. The Morgan fingerprint density at radius 3 is 3.00 bits per heavy atom. The van der Waals surface area contributed by atoms with Gasteiger partial charge in [-0.15, -0.1) is 11.3 Å². The molecule has 0 saturated carbocycles. The normalized spacial score (nSPS) is 9.85. The van der Waals surface area contributed by atoms with Crippen molar-refractivity contribution in [3.05, 3.63) is 41.3 Å². The van der Waals surface area contributed by atoms with Gasteiger partial charge >= 0.3 is 0 Å². The molecule has 0 aliphatic rings. The van der Waals surface area contributed by atoms with E-state index in [9.17, 15) is 4.79 Å². The summed E-state index contributed by atoms with van der Waals surface area (Å²) < 4.78 is 1.27. The van der Waals surface area contributed by atoms with Crippen LogP contribution < -0.4 is 0 Å². The minimum absolute atomic E-state index is 0.697. The molecule has 0 spiro atoms. The number of rotatable bonds is 2. The van der Waals surface area contributed by atoms with E-state index in [2.05, 4.69) is 18.2 Å². The van der Waals surface area contributed by atoms with Crippen LogP contribution in [0.4, 0.5) is 0 Å². The topological polar surface area (TPSA) is 17.1 Å². The van der Waals surface area contributed by atoms with Gasteiger partial charge in [-0.1, -0.05) is 18.2 Å². The second-order valence-corrected chi connectivity index (χ2v) is 3.94. The third-order valence-corrected chi connectivity index (χ3v) is 3.00. The first kappa shape index (κ1) is 8.24. The van der Waals surface area contributed by atoms with Crippen LogP contribution in [0.3, 0.4) is 0 Å². The number of fused-ring (bicyclic) bond motifs is 1. The molecule has 64 valence electrons. The summed E-state index contributed by atoms with van der Waals surface area (Å²) in [4.78, 5) is 11.2. The van der Waals surface area contributed by atoms with E-state index in [0.29, 0.717) is 6.42 Å². The Morgan fingerprint density at radius 2 is 2.23 bits per heavy atom. The summed E-state index contributed by atoms with van der Waals surface area (Å²) in [6, 6.07) is 10.3. The molecule has 0 aliphatic heterocycles. The zero-order chi connectivity index (χ0) is 9.10. The summed E-state index contributed by atoms with van der Waals surface area (Å²) in [5, 5.41) is 1.25. The van der Waals surface area contributed by atoms with Crippen molar-refractivity contribution in [2.24, 2.45) is 0 Å². The summed E-state index contributed by atoms with van der Waals surface area (Å²) in [5.74, 6) is 1.79. The van der Waals surface area contributed by atoms with Crippen LogP contribution >= 0.6 is 11.3 Å². The van der Waals surface area contributed by atoms with Crippen molar-refractivity contribution in [1.29, 1.82) is 0 Å². The van der Waals surface area contributed by atoms with Gasteiger partial charge in [0, 0.05) is 22.1 Å². The number of hydrogen-bond donors (Lipinski definition) is 0. The first-order valence-electron chi connectivity index (χ1n) is 4.07. The van der Waals surface area contributed by atoms with Gasteiger partial charge < -0.3 is 0 Å². The fourth-order valence-corrected chi connectivity index (χ4v) is 2.31. The van der Waals surface area contributed by atoms with Crippen molar-refractivity contribution in [3.8, 4) is 0 Å². The van der Waals surface area contributed by atoms with Crippen LogP contribution in [0.25, 0.3) is 10.1 Å². The lowest BCUT2D eigenvalue weighted by Gasteiger charge is -1.82. The molecule has 2 rings (SSSR count). The number of hydrogen-bond acceptors (Lipinski definition) is 2. The van der Waals surface area contributed by atoms with E-state index < -0.39 is 0 Å². The molecule has 1 aromatic heterocycles. The molecule has 0 saturated heterocycles. The zero-order valence-electron chi connectivity index (χ0n) is 6.99. The highest BCUT2D eigenvalue weighted by Crippen LogP contribution is 2.25. The third-order valence-electron chi connectivity index (χ3n) is 1.86. The number of benzene rings is 1. The van der Waals surface area contributed by atoms with Gasteiger partial charge in [-0.25, -0.2) is 4.79 Å². The molecule has 1 heterocycles. The van der Waals surface area contributed by atoms with Gasteiger partial charge in [-0.3, -0.25) is 0 Å². The lowest BCUT2D eigenvalue weighted by Crippen LogP contribution is -1.70. The van der Waals surface area contributed by atoms with Gasteiger partial charge in [0.2, 0.25) is 0 Å². The highest BCUT2D eigenvalue weighted by Gasteiger charge is 1.98. The first-order valence-corrected chi connectivity index (χ1v) is 4.88. The molecular weight excluding hydrogens is 180 g/mol. The maximum absolute atomic E-state index is 10.0. The van der Waals surface area contributed by atoms with Crippen LogP contribution in [-0.2, 0) is 11.2 Å². The Balaban J connectivity index is 2.43. The van der Waals surface area contributed by atoms with E-state index in [1.807, 2.05) is 12.1 Å². The summed E-state index contributed by atoms with van der Waals surface area (Å²) in [6.07, 6.45) is 2.22. The van der Waals surface area contributed by atoms with E-state index in [-0.39, 0.29) is 0 Å². The predicted octanol–water partition coefficient (Wildman–Crippen LogP) is 2.83. The number of thiophene rings is 1. The van der Waals surface area contributed by atoms with Crippen LogP contribution in [0.1, 0.15) is 4.88 Å². The van der Waals surface area contributed by atoms with Crippen molar-refractivity contribution in [1.82, 2.24) is 0 Å². The standard InChI is InChI=1S/C11H8OS/c12-7-3-5-10-8-9-4-1-2-6-11(9)13-10/h1-4,6,8H,5H2. The SMILES string of the molecule is O=C=CCc1cc2ccccc2s1. The van der Waals surface area contributed by atoms with E-state index in [1.54, 1.807) is 17.3 Å². The third kappa shape index (κ3) is 1.69. The van der Waals surface area contributed by atoms with E-state index in [1.165, 1.54) is 21.0 Å². The van der Waals surface area contributed by atoms with Crippen molar-refractivity contribution in [2.75, 3.05) is 0 Å². The molecule has 0 bridgehead atoms. The molecule has 0 amide bonds. The quantitative estimate of drug-likeness (QED) is 0.662. The Kier molecular flexibility index (Phi) is 2.26. The van der Waals surface area contributed by atoms with Gasteiger partial charge in [0.25, 0.3) is 0 Å². The van der Waals surface area contributed by atoms with Crippen molar-refractivity contribution in [2.45, 2.75) is 6.42 Å². The summed E-state index contributed by atoms with van der Waals surface area (Å²) in [5.41, 5.74) is 0. The summed E-state index contributed by atoms with van der Waals surface area (Å²) in [6.45, 7) is 0. The van der Waals surface area contributed by atoms with Gasteiger partial charge in [0.05, 0.1) is 0 Å². The van der Waals surface area contributed by atoms with Crippen LogP contribution in [0.2, 0.25) is 0 Å².